The number of rotatable bonds is 4. The number of benzene rings is 1. The van der Waals surface area contributed by atoms with Crippen molar-refractivity contribution in [3.63, 3.8) is 0 Å². The fraction of sp³-hybridized carbons (Fsp3) is 0.231. The first kappa shape index (κ1) is 13.1. The molecule has 0 fully saturated rings. The normalized spacial score (nSPS) is 14.2. The maximum absolute atomic E-state index is 13.0. The van der Waals surface area contributed by atoms with Gasteiger partial charge in [-0.2, -0.15) is 0 Å². The molecular weight excluding hydrogens is 301 g/mol. The number of halogens is 2. The van der Waals surface area contributed by atoms with Gasteiger partial charge in [-0.05, 0) is 53.2 Å². The molecule has 5 heteroatoms. The van der Waals surface area contributed by atoms with Gasteiger partial charge in [-0.25, -0.2) is 4.39 Å². The van der Waals surface area contributed by atoms with Crippen LogP contribution in [0.25, 0.3) is 0 Å². The molecule has 2 rings (SSSR count). The van der Waals surface area contributed by atoms with Crippen molar-refractivity contribution in [3.8, 4) is 5.75 Å². The van der Waals surface area contributed by atoms with Gasteiger partial charge in [0.05, 0.1) is 10.7 Å². The van der Waals surface area contributed by atoms with E-state index in [0.717, 1.165) is 0 Å². The Morgan fingerprint density at radius 2 is 2.17 bits per heavy atom. The van der Waals surface area contributed by atoms with Crippen LogP contribution in [0.15, 0.2) is 45.5 Å². The molecule has 0 saturated heterocycles. The summed E-state index contributed by atoms with van der Waals surface area (Å²) in [7, 11) is 0. The highest BCUT2D eigenvalue weighted by molar-refractivity contribution is 9.10. The molecule has 0 radical (unpaired) electrons. The van der Waals surface area contributed by atoms with Crippen LogP contribution in [-0.2, 0) is 0 Å². The molecular formula is C13H13BrFNO2. The Balaban J connectivity index is 2.24. The number of furan rings is 1. The molecule has 0 saturated carbocycles. The highest BCUT2D eigenvalue weighted by atomic mass is 79.9. The van der Waals surface area contributed by atoms with Crippen LogP contribution in [0.3, 0.4) is 0 Å². The molecule has 0 bridgehead atoms. The minimum atomic E-state index is -0.415. The molecule has 1 aromatic carbocycles. The summed E-state index contributed by atoms with van der Waals surface area (Å²) >= 11 is 3.25. The van der Waals surface area contributed by atoms with Gasteiger partial charge in [0.25, 0.3) is 0 Å². The zero-order valence-corrected chi connectivity index (χ0v) is 11.4. The Hall–Kier alpha value is -1.33. The number of hydrogen-bond acceptors (Lipinski definition) is 3. The molecule has 0 spiro atoms. The summed E-state index contributed by atoms with van der Waals surface area (Å²) in [6, 6.07) is 7.54. The third kappa shape index (κ3) is 2.91. The summed E-state index contributed by atoms with van der Waals surface area (Å²) in [4.78, 5) is 0. The van der Waals surface area contributed by atoms with Crippen molar-refractivity contribution in [2.24, 2.45) is 5.73 Å². The van der Waals surface area contributed by atoms with Gasteiger partial charge in [0.15, 0.2) is 6.10 Å². The lowest BCUT2D eigenvalue weighted by Crippen LogP contribution is -2.28. The minimum absolute atomic E-state index is 0.256. The highest BCUT2D eigenvalue weighted by Crippen LogP contribution is 2.31. The van der Waals surface area contributed by atoms with Gasteiger partial charge in [0.1, 0.15) is 17.3 Å². The topological polar surface area (TPSA) is 48.4 Å². The first-order valence-electron chi connectivity index (χ1n) is 5.48. The monoisotopic (exact) mass is 313 g/mol. The molecule has 0 aliphatic carbocycles. The van der Waals surface area contributed by atoms with E-state index in [0.29, 0.717) is 16.0 Å². The molecule has 0 amide bonds. The van der Waals surface area contributed by atoms with Crippen LogP contribution in [0, 0.1) is 5.82 Å². The average molecular weight is 314 g/mol. The Bertz CT molecular complexity index is 514. The maximum atomic E-state index is 13.0. The summed E-state index contributed by atoms with van der Waals surface area (Å²) in [5.41, 5.74) is 5.88. The van der Waals surface area contributed by atoms with Crippen molar-refractivity contribution in [2.75, 3.05) is 0 Å². The van der Waals surface area contributed by atoms with Gasteiger partial charge in [-0.15, -0.1) is 0 Å². The summed E-state index contributed by atoms with van der Waals surface area (Å²) in [5, 5.41) is 0. The zero-order chi connectivity index (χ0) is 13.1. The molecule has 2 N–H and O–H groups in total. The molecule has 18 heavy (non-hydrogen) atoms. The van der Waals surface area contributed by atoms with E-state index in [1.54, 1.807) is 24.5 Å². The van der Waals surface area contributed by atoms with Crippen LogP contribution in [-0.4, -0.2) is 6.04 Å². The predicted octanol–water partition coefficient (Wildman–Crippen LogP) is 3.65. The molecule has 1 heterocycles. The van der Waals surface area contributed by atoms with Crippen molar-refractivity contribution in [1.29, 1.82) is 0 Å². The van der Waals surface area contributed by atoms with E-state index in [1.165, 1.54) is 12.1 Å². The first-order chi connectivity index (χ1) is 8.58. The molecule has 0 aliphatic heterocycles. The molecule has 96 valence electrons. The fourth-order valence-electron chi connectivity index (χ4n) is 1.59. The third-order valence-electron chi connectivity index (χ3n) is 2.45. The van der Waals surface area contributed by atoms with E-state index in [4.69, 9.17) is 14.9 Å². The number of hydrogen-bond donors (Lipinski definition) is 1. The molecule has 0 aliphatic rings. The lowest BCUT2D eigenvalue weighted by Gasteiger charge is -2.21. The lowest BCUT2D eigenvalue weighted by atomic mass is 10.1. The number of nitrogens with two attached hydrogens (primary N) is 1. The summed E-state index contributed by atoms with van der Waals surface area (Å²) in [5.74, 6) is 0.834. The van der Waals surface area contributed by atoms with E-state index in [9.17, 15) is 4.39 Å². The fourth-order valence-corrected chi connectivity index (χ4v) is 2.03. The SMILES string of the molecule is CC(N)C(Oc1ccc(F)cc1Br)c1ccco1. The van der Waals surface area contributed by atoms with Crippen LogP contribution in [0.4, 0.5) is 4.39 Å². The Morgan fingerprint density at radius 1 is 1.39 bits per heavy atom. The highest BCUT2D eigenvalue weighted by Gasteiger charge is 2.22. The molecule has 2 aromatic rings. The van der Waals surface area contributed by atoms with Crippen molar-refractivity contribution >= 4 is 15.9 Å². The Morgan fingerprint density at radius 3 is 2.72 bits per heavy atom. The van der Waals surface area contributed by atoms with E-state index >= 15 is 0 Å². The zero-order valence-electron chi connectivity index (χ0n) is 9.77. The van der Waals surface area contributed by atoms with Gasteiger partial charge in [0.2, 0.25) is 0 Å². The predicted molar refractivity (Wildman–Crippen MR) is 69.8 cm³/mol. The quantitative estimate of drug-likeness (QED) is 0.937. The van der Waals surface area contributed by atoms with Gasteiger partial charge in [-0.1, -0.05) is 0 Å². The van der Waals surface area contributed by atoms with Crippen molar-refractivity contribution in [1.82, 2.24) is 0 Å². The van der Waals surface area contributed by atoms with E-state index in [1.807, 2.05) is 6.92 Å². The van der Waals surface area contributed by atoms with Crippen LogP contribution < -0.4 is 10.5 Å². The summed E-state index contributed by atoms with van der Waals surface area (Å²) in [6.07, 6.45) is 1.15. The first-order valence-corrected chi connectivity index (χ1v) is 6.28. The van der Waals surface area contributed by atoms with Crippen molar-refractivity contribution in [3.05, 3.63) is 52.6 Å². The van der Waals surface area contributed by atoms with E-state index in [2.05, 4.69) is 15.9 Å². The number of ether oxygens (including phenoxy) is 1. The maximum Gasteiger partial charge on any atom is 0.171 e. The van der Waals surface area contributed by atoms with E-state index in [-0.39, 0.29) is 11.9 Å². The second-order valence-electron chi connectivity index (χ2n) is 3.99. The Kier molecular flexibility index (Phi) is 4.04. The standard InChI is InChI=1S/C13H13BrFNO2/c1-8(16)13(12-3-2-6-17-12)18-11-5-4-9(15)7-10(11)14/h2-8,13H,16H2,1H3. The van der Waals surface area contributed by atoms with Crippen LogP contribution in [0.2, 0.25) is 0 Å². The second kappa shape index (κ2) is 5.54. The molecule has 1 aromatic heterocycles. The van der Waals surface area contributed by atoms with Crippen molar-refractivity contribution in [2.45, 2.75) is 19.1 Å². The summed E-state index contributed by atoms with van der Waals surface area (Å²) in [6.45, 7) is 1.82. The van der Waals surface area contributed by atoms with Crippen LogP contribution in [0.5, 0.6) is 5.75 Å². The van der Waals surface area contributed by atoms with E-state index < -0.39 is 6.10 Å². The largest absolute Gasteiger partial charge is 0.480 e. The molecule has 2 unspecified atom stereocenters. The second-order valence-corrected chi connectivity index (χ2v) is 4.84. The van der Waals surface area contributed by atoms with Gasteiger partial charge in [-0.3, -0.25) is 0 Å². The Labute approximate surface area is 113 Å². The smallest absolute Gasteiger partial charge is 0.171 e. The third-order valence-corrected chi connectivity index (χ3v) is 3.07. The van der Waals surface area contributed by atoms with Crippen LogP contribution >= 0.6 is 15.9 Å². The summed E-state index contributed by atoms with van der Waals surface area (Å²) < 4.78 is 24.6. The minimum Gasteiger partial charge on any atom is -0.480 e. The average Bonchev–Trinajstić information content (AvgIpc) is 2.80. The lowest BCUT2D eigenvalue weighted by molar-refractivity contribution is 0.152. The van der Waals surface area contributed by atoms with Gasteiger partial charge in [0, 0.05) is 6.04 Å². The van der Waals surface area contributed by atoms with Gasteiger partial charge < -0.3 is 14.9 Å². The molecule has 2 atom stereocenters. The molecule has 3 nitrogen and oxygen atoms in total. The van der Waals surface area contributed by atoms with Crippen LogP contribution in [0.1, 0.15) is 18.8 Å². The van der Waals surface area contributed by atoms with Crippen molar-refractivity contribution < 1.29 is 13.5 Å². The van der Waals surface area contributed by atoms with Gasteiger partial charge >= 0.3 is 0 Å².